The van der Waals surface area contributed by atoms with Gasteiger partial charge in [-0.25, -0.2) is 10.3 Å². The molecule has 30 heavy (non-hydrogen) atoms. The van der Waals surface area contributed by atoms with Crippen LogP contribution in [-0.2, 0) is 30.6 Å². The molecule has 3 saturated heterocycles. The molecule has 0 aliphatic carbocycles. The molecule has 0 saturated carbocycles. The summed E-state index contributed by atoms with van der Waals surface area (Å²) >= 11 is 0. The first-order chi connectivity index (χ1) is 14.6. The van der Waals surface area contributed by atoms with Crippen LogP contribution in [0.3, 0.4) is 0 Å². The Kier molecular flexibility index (Phi) is 6.46. The van der Waals surface area contributed by atoms with Crippen molar-refractivity contribution in [2.45, 2.75) is 31.5 Å². The number of morpholine rings is 1. The summed E-state index contributed by atoms with van der Waals surface area (Å²) < 4.78 is 5.21. The SMILES string of the molecule is O=C(NOCC(=O)N1CCOCC1)[C@@H]1CC[C@@H]2CN1C(=O)N2OCc1ccccc1. The third-order valence-electron chi connectivity index (χ3n) is 5.57. The lowest BCUT2D eigenvalue weighted by atomic mass is 10.0. The Morgan fingerprint density at radius 3 is 2.67 bits per heavy atom. The smallest absolute Gasteiger partial charge is 0.345 e. The summed E-state index contributed by atoms with van der Waals surface area (Å²) in [5.74, 6) is -0.637. The average Bonchev–Trinajstić information content (AvgIpc) is 3.03. The fraction of sp³-hybridized carbons (Fsp3) is 0.550. The van der Waals surface area contributed by atoms with Crippen molar-refractivity contribution in [3.63, 3.8) is 0 Å². The lowest BCUT2D eigenvalue weighted by molar-refractivity contribution is -0.149. The molecule has 3 heterocycles. The van der Waals surface area contributed by atoms with Gasteiger partial charge in [0.25, 0.3) is 11.8 Å². The molecule has 0 aromatic heterocycles. The fourth-order valence-corrected chi connectivity index (χ4v) is 3.93. The molecule has 2 bridgehead atoms. The molecule has 10 heteroatoms. The zero-order chi connectivity index (χ0) is 20.9. The maximum atomic E-state index is 12.7. The molecule has 3 aliphatic rings. The summed E-state index contributed by atoms with van der Waals surface area (Å²) in [7, 11) is 0. The molecule has 10 nitrogen and oxygen atoms in total. The monoisotopic (exact) mass is 418 g/mol. The molecular formula is C20H26N4O6. The number of piperidine rings is 1. The summed E-state index contributed by atoms with van der Waals surface area (Å²) in [5.41, 5.74) is 3.29. The van der Waals surface area contributed by atoms with Gasteiger partial charge in [-0.1, -0.05) is 30.3 Å². The molecule has 2 atom stereocenters. The van der Waals surface area contributed by atoms with E-state index in [2.05, 4.69) is 5.48 Å². The van der Waals surface area contributed by atoms with E-state index in [0.29, 0.717) is 52.3 Å². The van der Waals surface area contributed by atoms with Crippen LogP contribution in [0.25, 0.3) is 0 Å². The number of hydrogen-bond acceptors (Lipinski definition) is 6. The predicted molar refractivity (Wildman–Crippen MR) is 103 cm³/mol. The highest BCUT2D eigenvalue weighted by Gasteiger charge is 2.48. The van der Waals surface area contributed by atoms with Gasteiger partial charge in [-0.2, -0.15) is 5.06 Å². The summed E-state index contributed by atoms with van der Waals surface area (Å²) in [5, 5.41) is 1.38. The van der Waals surface area contributed by atoms with Crippen molar-refractivity contribution in [2.75, 3.05) is 39.5 Å². The van der Waals surface area contributed by atoms with Crippen LogP contribution < -0.4 is 5.48 Å². The molecule has 3 fully saturated rings. The number of hydrogen-bond donors (Lipinski definition) is 1. The van der Waals surface area contributed by atoms with Crippen LogP contribution >= 0.6 is 0 Å². The number of urea groups is 1. The van der Waals surface area contributed by atoms with Crippen LogP contribution in [0.2, 0.25) is 0 Å². The molecule has 1 aromatic rings. The van der Waals surface area contributed by atoms with Gasteiger partial charge >= 0.3 is 6.03 Å². The van der Waals surface area contributed by atoms with Gasteiger partial charge in [0.1, 0.15) is 12.6 Å². The number of rotatable bonds is 7. The highest BCUT2D eigenvalue weighted by Crippen LogP contribution is 2.30. The Balaban J connectivity index is 1.25. The molecule has 162 valence electrons. The van der Waals surface area contributed by atoms with E-state index in [1.54, 1.807) is 4.90 Å². The molecule has 0 radical (unpaired) electrons. The van der Waals surface area contributed by atoms with E-state index >= 15 is 0 Å². The van der Waals surface area contributed by atoms with Gasteiger partial charge in [0.15, 0.2) is 6.61 Å². The quantitative estimate of drug-likeness (QED) is 0.639. The third-order valence-corrected chi connectivity index (χ3v) is 5.57. The number of nitrogens with one attached hydrogen (secondary N) is 1. The number of benzene rings is 1. The highest BCUT2D eigenvalue weighted by atomic mass is 16.7. The number of nitrogens with zero attached hydrogens (tertiary/aromatic N) is 3. The third kappa shape index (κ3) is 4.55. The van der Waals surface area contributed by atoms with Crippen molar-refractivity contribution < 1.29 is 28.8 Å². The lowest BCUT2D eigenvalue weighted by Crippen LogP contribution is -2.50. The Hall–Kier alpha value is -2.69. The van der Waals surface area contributed by atoms with Crippen LogP contribution in [0.1, 0.15) is 18.4 Å². The van der Waals surface area contributed by atoms with Gasteiger partial charge in [0.05, 0.1) is 19.3 Å². The van der Waals surface area contributed by atoms with E-state index in [-0.39, 0.29) is 24.6 Å². The first-order valence-corrected chi connectivity index (χ1v) is 10.2. The normalized spacial score (nSPS) is 23.6. The van der Waals surface area contributed by atoms with E-state index in [0.717, 1.165) is 5.56 Å². The minimum Gasteiger partial charge on any atom is -0.378 e. The van der Waals surface area contributed by atoms with Gasteiger partial charge in [0.2, 0.25) is 0 Å². The topological polar surface area (TPSA) is 101 Å². The van der Waals surface area contributed by atoms with Gasteiger partial charge < -0.3 is 14.5 Å². The predicted octanol–water partition coefficient (Wildman–Crippen LogP) is 0.293. The summed E-state index contributed by atoms with van der Waals surface area (Å²) in [6, 6.07) is 8.57. The summed E-state index contributed by atoms with van der Waals surface area (Å²) in [6.45, 7) is 2.51. The van der Waals surface area contributed by atoms with Crippen LogP contribution in [0, 0.1) is 0 Å². The number of hydroxylamine groups is 3. The highest BCUT2D eigenvalue weighted by molar-refractivity contribution is 5.88. The van der Waals surface area contributed by atoms with Crippen LogP contribution in [0.15, 0.2) is 30.3 Å². The Morgan fingerprint density at radius 2 is 1.90 bits per heavy atom. The molecule has 1 N–H and O–H groups in total. The second-order valence-corrected chi connectivity index (χ2v) is 7.51. The minimum absolute atomic E-state index is 0.0749. The maximum Gasteiger partial charge on any atom is 0.345 e. The molecule has 0 unspecified atom stereocenters. The van der Waals surface area contributed by atoms with Crippen molar-refractivity contribution in [1.29, 1.82) is 0 Å². The van der Waals surface area contributed by atoms with E-state index in [4.69, 9.17) is 14.4 Å². The Morgan fingerprint density at radius 1 is 1.13 bits per heavy atom. The van der Waals surface area contributed by atoms with Gasteiger partial charge in [0, 0.05) is 19.6 Å². The Labute approximate surface area is 174 Å². The molecule has 4 amide bonds. The van der Waals surface area contributed by atoms with Crippen LogP contribution in [-0.4, -0.2) is 84.2 Å². The molecule has 4 rings (SSSR count). The molecule has 0 spiro atoms. The number of ether oxygens (including phenoxy) is 1. The van der Waals surface area contributed by atoms with Gasteiger partial charge in [-0.3, -0.25) is 19.3 Å². The standard InChI is InChI=1S/C20H26N4O6/c25-18(22-8-10-28-11-9-22)14-29-21-19(26)17-7-6-16-12-23(17)20(27)24(16)30-13-15-4-2-1-3-5-15/h1-5,16-17H,6-14H2,(H,21,26)/t16-,17+/m1/s1. The van der Waals surface area contributed by atoms with E-state index < -0.39 is 11.9 Å². The number of carbonyl (C=O) groups is 3. The van der Waals surface area contributed by atoms with E-state index in [1.807, 2.05) is 30.3 Å². The van der Waals surface area contributed by atoms with Crippen LogP contribution in [0.4, 0.5) is 4.79 Å². The van der Waals surface area contributed by atoms with E-state index in [9.17, 15) is 14.4 Å². The molecule has 1 aromatic carbocycles. The number of amides is 4. The van der Waals surface area contributed by atoms with E-state index in [1.165, 1.54) is 9.96 Å². The average molecular weight is 418 g/mol. The Bertz CT molecular complexity index is 770. The second-order valence-electron chi connectivity index (χ2n) is 7.51. The zero-order valence-corrected chi connectivity index (χ0v) is 16.7. The second kappa shape index (κ2) is 9.41. The number of carbonyl (C=O) groups excluding carboxylic acids is 3. The lowest BCUT2D eigenvalue weighted by Gasteiger charge is -2.29. The molecular weight excluding hydrogens is 392 g/mol. The van der Waals surface area contributed by atoms with Crippen molar-refractivity contribution in [3.8, 4) is 0 Å². The van der Waals surface area contributed by atoms with Gasteiger partial charge in [-0.05, 0) is 18.4 Å². The largest absolute Gasteiger partial charge is 0.378 e. The van der Waals surface area contributed by atoms with Crippen molar-refractivity contribution in [2.24, 2.45) is 0 Å². The van der Waals surface area contributed by atoms with Crippen LogP contribution in [0.5, 0.6) is 0 Å². The zero-order valence-electron chi connectivity index (χ0n) is 16.7. The van der Waals surface area contributed by atoms with Gasteiger partial charge in [-0.15, -0.1) is 0 Å². The van der Waals surface area contributed by atoms with Crippen molar-refractivity contribution in [1.82, 2.24) is 20.3 Å². The van der Waals surface area contributed by atoms with Crippen molar-refractivity contribution in [3.05, 3.63) is 35.9 Å². The fourth-order valence-electron chi connectivity index (χ4n) is 3.93. The summed E-state index contributed by atoms with van der Waals surface area (Å²) in [6.07, 6.45) is 1.16. The first-order valence-electron chi connectivity index (χ1n) is 10.2. The summed E-state index contributed by atoms with van der Waals surface area (Å²) in [4.78, 5) is 51.4. The maximum absolute atomic E-state index is 12.7. The number of fused-ring (bicyclic) bond motifs is 2. The van der Waals surface area contributed by atoms with Crippen molar-refractivity contribution >= 4 is 17.8 Å². The molecule has 3 aliphatic heterocycles. The minimum atomic E-state index is -0.641. The first kappa shape index (κ1) is 20.6.